The molecule has 1 aromatic rings. The van der Waals surface area contributed by atoms with E-state index in [1.807, 2.05) is 53.7 Å². The van der Waals surface area contributed by atoms with Crippen molar-refractivity contribution in [3.63, 3.8) is 0 Å². The van der Waals surface area contributed by atoms with Gasteiger partial charge in [-0.1, -0.05) is 57.8 Å². The van der Waals surface area contributed by atoms with E-state index in [2.05, 4.69) is 10.6 Å². The van der Waals surface area contributed by atoms with Crippen LogP contribution >= 0.6 is 11.6 Å². The first-order chi connectivity index (χ1) is 17.5. The molecule has 1 spiro atoms. The van der Waals surface area contributed by atoms with Crippen LogP contribution in [0, 0.1) is 30.6 Å². The van der Waals surface area contributed by atoms with Crippen molar-refractivity contribution in [3.8, 4) is 0 Å². The molecule has 3 heterocycles. The molecule has 4 rings (SSSR count). The van der Waals surface area contributed by atoms with Crippen LogP contribution in [0.1, 0.15) is 59.4 Å². The molecule has 3 aliphatic heterocycles. The highest BCUT2D eigenvalue weighted by Crippen LogP contribution is 2.65. The zero-order valence-electron chi connectivity index (χ0n) is 22.6. The van der Waals surface area contributed by atoms with Crippen LogP contribution in [0.2, 0.25) is 5.02 Å². The molecule has 8 nitrogen and oxygen atoms in total. The van der Waals surface area contributed by atoms with Crippen molar-refractivity contribution in [1.29, 1.82) is 0 Å². The predicted molar refractivity (Wildman–Crippen MR) is 142 cm³/mol. The second-order valence-electron chi connectivity index (χ2n) is 11.3. The Morgan fingerprint density at radius 3 is 2.59 bits per heavy atom. The van der Waals surface area contributed by atoms with Crippen molar-refractivity contribution in [2.75, 3.05) is 18.5 Å². The number of benzene rings is 1. The highest BCUT2D eigenvalue weighted by atomic mass is 35.5. The molecule has 2 bridgehead atoms. The standard InChI is InChI=1S/C28H40ClN3O5/c1-7-12-30-24(34)20-21-26(36)32(19(14-33)15(3)8-2)23(28(21)13-17(5)27(20,6)37-28)25(35)31-22-16(4)10-9-11-18(22)29/h9-11,15,17,19-21,23,33H,7-8,12-14H2,1-6H3,(H,30,34)(H,31,35)/t15-,17?,19-,20-,21-,23?,27+,28?/m0/s1. The Kier molecular flexibility index (Phi) is 7.68. The number of nitrogens with zero attached hydrogens (tertiary/aromatic N) is 1. The van der Waals surface area contributed by atoms with Crippen LogP contribution < -0.4 is 10.6 Å². The van der Waals surface area contributed by atoms with Crippen LogP contribution in [0.5, 0.6) is 0 Å². The second kappa shape index (κ2) is 10.2. The Bertz CT molecular complexity index is 1060. The van der Waals surface area contributed by atoms with Gasteiger partial charge in [-0.3, -0.25) is 14.4 Å². The van der Waals surface area contributed by atoms with Gasteiger partial charge in [-0.15, -0.1) is 0 Å². The van der Waals surface area contributed by atoms with Gasteiger partial charge < -0.3 is 25.4 Å². The highest BCUT2D eigenvalue weighted by molar-refractivity contribution is 6.34. The van der Waals surface area contributed by atoms with Gasteiger partial charge in [0.2, 0.25) is 17.7 Å². The number of nitrogens with one attached hydrogen (secondary N) is 2. The first-order valence-corrected chi connectivity index (χ1v) is 13.8. The summed E-state index contributed by atoms with van der Waals surface area (Å²) in [4.78, 5) is 43.5. The Balaban J connectivity index is 1.84. The molecule has 0 radical (unpaired) electrons. The summed E-state index contributed by atoms with van der Waals surface area (Å²) in [5.74, 6) is -2.60. The van der Waals surface area contributed by atoms with E-state index in [0.717, 1.165) is 12.0 Å². The van der Waals surface area contributed by atoms with Crippen molar-refractivity contribution < 1.29 is 24.2 Å². The summed E-state index contributed by atoms with van der Waals surface area (Å²) >= 11 is 6.44. The first kappa shape index (κ1) is 27.9. The number of carbonyl (C=O) groups is 3. The summed E-state index contributed by atoms with van der Waals surface area (Å²) in [5, 5.41) is 16.8. The minimum absolute atomic E-state index is 0.0533. The number of hydrogen-bond donors (Lipinski definition) is 3. The van der Waals surface area contributed by atoms with Crippen molar-refractivity contribution in [2.24, 2.45) is 23.7 Å². The molecule has 37 heavy (non-hydrogen) atoms. The Morgan fingerprint density at radius 2 is 2.00 bits per heavy atom. The van der Waals surface area contributed by atoms with Gasteiger partial charge in [-0.2, -0.15) is 0 Å². The molecular formula is C28H40ClN3O5. The quantitative estimate of drug-likeness (QED) is 0.450. The van der Waals surface area contributed by atoms with Crippen LogP contribution in [-0.2, 0) is 19.1 Å². The average molecular weight is 534 g/mol. The Hall–Kier alpha value is -2.16. The van der Waals surface area contributed by atoms with Gasteiger partial charge >= 0.3 is 0 Å². The molecule has 1 aromatic carbocycles. The molecule has 3 aliphatic rings. The SMILES string of the molecule is CCCNC(=O)[C@@H]1[C@H]2C(=O)N([C@@H](CO)[C@@H](C)CC)C(C(=O)Nc3c(C)cccc3Cl)C23CC(C)[C@@]1(C)O3. The second-order valence-corrected chi connectivity index (χ2v) is 11.7. The van der Waals surface area contributed by atoms with Crippen LogP contribution in [0.3, 0.4) is 0 Å². The first-order valence-electron chi connectivity index (χ1n) is 13.4. The minimum atomic E-state index is -1.18. The summed E-state index contributed by atoms with van der Waals surface area (Å²) in [6.45, 7) is 11.9. The lowest BCUT2D eigenvalue weighted by Gasteiger charge is -2.39. The molecule has 3 unspecified atom stereocenters. The number of para-hydroxylation sites is 1. The molecular weight excluding hydrogens is 494 g/mol. The maximum Gasteiger partial charge on any atom is 0.250 e. The summed E-state index contributed by atoms with van der Waals surface area (Å²) < 4.78 is 6.74. The fourth-order valence-electron chi connectivity index (χ4n) is 6.89. The maximum absolute atomic E-state index is 14.3. The number of amides is 3. The molecule has 0 aliphatic carbocycles. The molecule has 0 saturated carbocycles. The van der Waals surface area contributed by atoms with Gasteiger partial charge in [0.1, 0.15) is 11.6 Å². The van der Waals surface area contributed by atoms with Crippen LogP contribution in [0.15, 0.2) is 18.2 Å². The van der Waals surface area contributed by atoms with E-state index in [0.29, 0.717) is 30.1 Å². The summed E-state index contributed by atoms with van der Waals surface area (Å²) in [5.41, 5.74) is -0.789. The van der Waals surface area contributed by atoms with Crippen molar-refractivity contribution >= 4 is 35.0 Å². The number of aryl methyl sites for hydroxylation is 1. The lowest BCUT2D eigenvalue weighted by molar-refractivity contribution is -0.150. The van der Waals surface area contributed by atoms with Gasteiger partial charge in [-0.25, -0.2) is 0 Å². The molecule has 204 valence electrons. The third kappa shape index (κ3) is 4.16. The van der Waals surface area contributed by atoms with Crippen LogP contribution in [-0.4, -0.2) is 64.2 Å². The number of carbonyl (C=O) groups excluding carboxylic acids is 3. The molecule has 8 atom stereocenters. The van der Waals surface area contributed by atoms with E-state index in [4.69, 9.17) is 16.3 Å². The smallest absolute Gasteiger partial charge is 0.250 e. The van der Waals surface area contributed by atoms with E-state index in [1.54, 1.807) is 6.07 Å². The van der Waals surface area contributed by atoms with E-state index >= 15 is 0 Å². The number of ether oxygens (including phenoxy) is 1. The summed E-state index contributed by atoms with van der Waals surface area (Å²) in [7, 11) is 0. The van der Waals surface area contributed by atoms with Gasteiger partial charge in [0.25, 0.3) is 0 Å². The summed E-state index contributed by atoms with van der Waals surface area (Å²) in [6.07, 6.45) is 1.94. The fraction of sp³-hybridized carbons (Fsp3) is 0.679. The number of fused-ring (bicyclic) bond motifs is 1. The molecule has 3 amide bonds. The van der Waals surface area contributed by atoms with E-state index in [-0.39, 0.29) is 30.3 Å². The molecule has 3 fully saturated rings. The van der Waals surface area contributed by atoms with Gasteiger partial charge in [0.15, 0.2) is 0 Å². The Morgan fingerprint density at radius 1 is 1.30 bits per heavy atom. The number of anilines is 1. The lowest BCUT2D eigenvalue weighted by Crippen LogP contribution is -2.57. The number of aliphatic hydroxyl groups excluding tert-OH is 1. The van der Waals surface area contributed by atoms with Gasteiger partial charge in [0.05, 0.1) is 40.8 Å². The van der Waals surface area contributed by atoms with Crippen molar-refractivity contribution in [2.45, 2.75) is 84.1 Å². The van der Waals surface area contributed by atoms with Crippen molar-refractivity contribution in [1.82, 2.24) is 10.2 Å². The highest BCUT2D eigenvalue weighted by Gasteiger charge is 2.80. The molecule has 3 N–H and O–H groups in total. The monoisotopic (exact) mass is 533 g/mol. The molecule has 9 heteroatoms. The van der Waals surface area contributed by atoms with E-state index < -0.39 is 41.0 Å². The lowest BCUT2D eigenvalue weighted by atomic mass is 9.62. The number of hydrogen-bond acceptors (Lipinski definition) is 5. The van der Waals surface area contributed by atoms with E-state index in [1.165, 1.54) is 4.90 Å². The summed E-state index contributed by atoms with van der Waals surface area (Å²) in [6, 6.07) is 3.76. The normalized spacial score (nSPS) is 33.8. The third-order valence-electron chi connectivity index (χ3n) is 9.15. The predicted octanol–water partition coefficient (Wildman–Crippen LogP) is 3.53. The zero-order chi connectivity index (χ0) is 27.3. The van der Waals surface area contributed by atoms with Crippen LogP contribution in [0.4, 0.5) is 5.69 Å². The van der Waals surface area contributed by atoms with E-state index in [9.17, 15) is 19.5 Å². The largest absolute Gasteiger partial charge is 0.394 e. The Labute approximate surface area is 224 Å². The zero-order valence-corrected chi connectivity index (χ0v) is 23.4. The third-order valence-corrected chi connectivity index (χ3v) is 9.46. The molecule has 3 saturated heterocycles. The number of aliphatic hydroxyl groups is 1. The number of halogens is 1. The number of rotatable bonds is 9. The average Bonchev–Trinajstić information content (AvgIpc) is 3.37. The van der Waals surface area contributed by atoms with Crippen molar-refractivity contribution in [3.05, 3.63) is 28.8 Å². The molecule has 0 aromatic heterocycles. The maximum atomic E-state index is 14.3. The topological polar surface area (TPSA) is 108 Å². The van der Waals surface area contributed by atoms with Crippen LogP contribution in [0.25, 0.3) is 0 Å². The fourth-order valence-corrected chi connectivity index (χ4v) is 7.16. The van der Waals surface area contributed by atoms with Gasteiger partial charge in [-0.05, 0) is 50.2 Å². The number of likely N-dealkylation sites (tertiary alicyclic amines) is 1. The van der Waals surface area contributed by atoms with Gasteiger partial charge in [0, 0.05) is 6.54 Å². The minimum Gasteiger partial charge on any atom is -0.394 e.